The molecule has 102 valence electrons. The van der Waals surface area contributed by atoms with Gasteiger partial charge in [0.05, 0.1) is 13.2 Å². The van der Waals surface area contributed by atoms with E-state index in [2.05, 4.69) is 4.90 Å². The van der Waals surface area contributed by atoms with Crippen molar-refractivity contribution in [3.63, 3.8) is 0 Å². The van der Waals surface area contributed by atoms with Gasteiger partial charge in [-0.05, 0) is 32.9 Å². The fraction of sp³-hybridized carbons (Fsp3) is 0.923. The Hall–Kier alpha value is -0.650. The number of piperidine rings is 1. The normalized spacial score (nSPS) is 36.2. The molecule has 5 nitrogen and oxygen atoms in total. The molecular formula is C13H21NO4. The molecule has 0 spiro atoms. The van der Waals surface area contributed by atoms with Gasteiger partial charge in [0.15, 0.2) is 6.29 Å². The Labute approximate surface area is 107 Å². The average Bonchev–Trinajstić information content (AvgIpc) is 2.99. The van der Waals surface area contributed by atoms with Crippen LogP contribution >= 0.6 is 0 Å². The lowest BCUT2D eigenvalue weighted by Gasteiger charge is -2.35. The van der Waals surface area contributed by atoms with E-state index in [0.29, 0.717) is 5.92 Å². The zero-order valence-electron chi connectivity index (χ0n) is 10.8. The summed E-state index contributed by atoms with van der Waals surface area (Å²) in [6.07, 6.45) is 2.98. The number of rotatable bonds is 2. The van der Waals surface area contributed by atoms with Gasteiger partial charge in [0.25, 0.3) is 0 Å². The number of hydrogen-bond donors (Lipinski definition) is 0. The van der Waals surface area contributed by atoms with Gasteiger partial charge in [-0.1, -0.05) is 0 Å². The molecule has 3 fully saturated rings. The predicted molar refractivity (Wildman–Crippen MR) is 63.9 cm³/mol. The molecule has 5 heteroatoms. The van der Waals surface area contributed by atoms with Gasteiger partial charge in [-0.25, -0.2) is 0 Å². The number of cyclic esters (lactones) is 1. The minimum absolute atomic E-state index is 0.0124. The van der Waals surface area contributed by atoms with Gasteiger partial charge in [0.2, 0.25) is 0 Å². The smallest absolute Gasteiger partial charge is 0.323 e. The van der Waals surface area contributed by atoms with Gasteiger partial charge in [0, 0.05) is 12.3 Å². The zero-order chi connectivity index (χ0) is 12.5. The number of ether oxygens (including phenoxy) is 3. The third kappa shape index (κ3) is 2.39. The second kappa shape index (κ2) is 5.15. The molecular weight excluding hydrogens is 234 g/mol. The molecule has 3 aliphatic heterocycles. The van der Waals surface area contributed by atoms with Crippen LogP contribution in [0.1, 0.15) is 26.2 Å². The van der Waals surface area contributed by atoms with Crippen molar-refractivity contribution in [3.05, 3.63) is 0 Å². The van der Waals surface area contributed by atoms with Crippen LogP contribution in [0.3, 0.4) is 0 Å². The first-order valence-corrected chi connectivity index (χ1v) is 6.92. The lowest BCUT2D eigenvalue weighted by Crippen LogP contribution is -2.45. The summed E-state index contributed by atoms with van der Waals surface area (Å²) >= 11 is 0. The molecule has 2 unspecified atom stereocenters. The molecule has 0 saturated carbocycles. The van der Waals surface area contributed by atoms with Crippen LogP contribution in [-0.4, -0.2) is 55.6 Å². The summed E-state index contributed by atoms with van der Waals surface area (Å²) in [5.41, 5.74) is 0. The third-order valence-corrected chi connectivity index (χ3v) is 4.19. The standard InChI is InChI=1S/C13H21NO4/c1-9-8-11(12(15)18-9)14-4-2-10(3-5-14)13-16-6-7-17-13/h9-11,13H,2-8H2,1H3. The molecule has 2 atom stereocenters. The maximum absolute atomic E-state index is 11.7. The predicted octanol–water partition coefficient (Wildman–Crippen LogP) is 0.775. The summed E-state index contributed by atoms with van der Waals surface area (Å²) in [7, 11) is 0. The average molecular weight is 255 g/mol. The van der Waals surface area contributed by atoms with Crippen molar-refractivity contribution in [3.8, 4) is 0 Å². The van der Waals surface area contributed by atoms with Crippen LogP contribution in [0.4, 0.5) is 0 Å². The van der Waals surface area contributed by atoms with E-state index in [9.17, 15) is 4.79 Å². The Morgan fingerprint density at radius 3 is 2.39 bits per heavy atom. The van der Waals surface area contributed by atoms with Crippen molar-refractivity contribution in [2.45, 2.75) is 44.6 Å². The highest BCUT2D eigenvalue weighted by molar-refractivity contribution is 5.78. The fourth-order valence-corrected chi connectivity index (χ4v) is 3.19. The van der Waals surface area contributed by atoms with E-state index >= 15 is 0 Å². The summed E-state index contributed by atoms with van der Waals surface area (Å²) in [6.45, 7) is 5.29. The van der Waals surface area contributed by atoms with Gasteiger partial charge in [0.1, 0.15) is 12.1 Å². The number of hydrogen-bond acceptors (Lipinski definition) is 5. The van der Waals surface area contributed by atoms with E-state index in [0.717, 1.165) is 45.6 Å². The molecule has 3 saturated heterocycles. The number of likely N-dealkylation sites (tertiary alicyclic amines) is 1. The van der Waals surface area contributed by atoms with Crippen LogP contribution in [0.5, 0.6) is 0 Å². The van der Waals surface area contributed by atoms with E-state index in [-0.39, 0.29) is 24.4 Å². The Morgan fingerprint density at radius 2 is 1.83 bits per heavy atom. The van der Waals surface area contributed by atoms with Crippen molar-refractivity contribution in [1.29, 1.82) is 0 Å². The van der Waals surface area contributed by atoms with E-state index in [4.69, 9.17) is 14.2 Å². The molecule has 3 rings (SSSR count). The van der Waals surface area contributed by atoms with Crippen molar-refractivity contribution >= 4 is 5.97 Å². The molecule has 3 aliphatic rings. The topological polar surface area (TPSA) is 48.0 Å². The van der Waals surface area contributed by atoms with Crippen LogP contribution in [0.2, 0.25) is 0 Å². The van der Waals surface area contributed by atoms with Crippen LogP contribution in [0.15, 0.2) is 0 Å². The molecule has 0 N–H and O–H groups in total. The van der Waals surface area contributed by atoms with E-state index in [1.165, 1.54) is 0 Å². The number of carbonyl (C=O) groups is 1. The van der Waals surface area contributed by atoms with Crippen LogP contribution < -0.4 is 0 Å². The molecule has 3 heterocycles. The summed E-state index contributed by atoms with van der Waals surface area (Å²) in [4.78, 5) is 14.0. The summed E-state index contributed by atoms with van der Waals surface area (Å²) in [5, 5.41) is 0. The fourth-order valence-electron chi connectivity index (χ4n) is 3.19. The lowest BCUT2D eigenvalue weighted by molar-refractivity contribution is -0.146. The van der Waals surface area contributed by atoms with Gasteiger partial charge >= 0.3 is 5.97 Å². The van der Waals surface area contributed by atoms with Gasteiger partial charge in [-0.2, -0.15) is 0 Å². The highest BCUT2D eigenvalue weighted by Gasteiger charge is 2.39. The highest BCUT2D eigenvalue weighted by atomic mass is 16.7. The van der Waals surface area contributed by atoms with Crippen LogP contribution in [0.25, 0.3) is 0 Å². The minimum Gasteiger partial charge on any atom is -0.461 e. The van der Waals surface area contributed by atoms with Gasteiger partial charge in [-0.3, -0.25) is 9.69 Å². The molecule has 0 amide bonds. The monoisotopic (exact) mass is 255 g/mol. The Balaban J connectivity index is 1.52. The maximum Gasteiger partial charge on any atom is 0.323 e. The lowest BCUT2D eigenvalue weighted by atomic mass is 9.94. The van der Waals surface area contributed by atoms with E-state index in [1.54, 1.807) is 0 Å². The van der Waals surface area contributed by atoms with E-state index in [1.807, 2.05) is 6.92 Å². The largest absolute Gasteiger partial charge is 0.461 e. The molecule has 0 aromatic rings. The van der Waals surface area contributed by atoms with Crippen LogP contribution in [-0.2, 0) is 19.0 Å². The third-order valence-electron chi connectivity index (χ3n) is 4.19. The maximum atomic E-state index is 11.7. The van der Waals surface area contributed by atoms with Crippen molar-refractivity contribution in [1.82, 2.24) is 4.90 Å². The first-order chi connectivity index (χ1) is 8.74. The number of nitrogens with zero attached hydrogens (tertiary/aromatic N) is 1. The molecule has 0 aromatic heterocycles. The molecule has 18 heavy (non-hydrogen) atoms. The van der Waals surface area contributed by atoms with Crippen molar-refractivity contribution in [2.24, 2.45) is 5.92 Å². The van der Waals surface area contributed by atoms with Crippen molar-refractivity contribution < 1.29 is 19.0 Å². The van der Waals surface area contributed by atoms with Crippen LogP contribution in [0, 0.1) is 5.92 Å². The Bertz CT molecular complexity index is 308. The summed E-state index contributed by atoms with van der Waals surface area (Å²) in [5.74, 6) is 0.438. The quantitative estimate of drug-likeness (QED) is 0.682. The molecule has 0 radical (unpaired) electrons. The second-order valence-corrected chi connectivity index (χ2v) is 5.48. The first-order valence-electron chi connectivity index (χ1n) is 6.92. The second-order valence-electron chi connectivity index (χ2n) is 5.48. The van der Waals surface area contributed by atoms with Gasteiger partial charge < -0.3 is 14.2 Å². The number of carbonyl (C=O) groups excluding carboxylic acids is 1. The minimum atomic E-state index is -0.0469. The Kier molecular flexibility index (Phi) is 3.54. The van der Waals surface area contributed by atoms with Crippen molar-refractivity contribution in [2.75, 3.05) is 26.3 Å². The highest BCUT2D eigenvalue weighted by Crippen LogP contribution is 2.29. The van der Waals surface area contributed by atoms with E-state index < -0.39 is 0 Å². The summed E-state index contributed by atoms with van der Waals surface area (Å²) in [6, 6.07) is -0.0219. The number of esters is 1. The molecule has 0 aromatic carbocycles. The molecule has 0 bridgehead atoms. The summed E-state index contributed by atoms with van der Waals surface area (Å²) < 4.78 is 16.3. The first kappa shape index (κ1) is 12.4. The Morgan fingerprint density at radius 1 is 1.17 bits per heavy atom. The molecule has 0 aliphatic carbocycles. The van der Waals surface area contributed by atoms with Gasteiger partial charge in [-0.15, -0.1) is 0 Å². The zero-order valence-corrected chi connectivity index (χ0v) is 10.8. The SMILES string of the molecule is CC1CC(N2CCC(C3OCCO3)CC2)C(=O)O1.